The molecule has 0 saturated carbocycles. The summed E-state index contributed by atoms with van der Waals surface area (Å²) in [7, 11) is 1.86. The average molecular weight is 270 g/mol. The summed E-state index contributed by atoms with van der Waals surface area (Å²) < 4.78 is 7.49. The van der Waals surface area contributed by atoms with Crippen LogP contribution in [0.25, 0.3) is 11.0 Å². The molecular weight excluding hydrogens is 252 g/mol. The number of rotatable bonds is 3. The van der Waals surface area contributed by atoms with Crippen LogP contribution in [-0.2, 0) is 13.5 Å². The molecule has 2 heterocycles. The lowest BCUT2D eigenvalue weighted by Crippen LogP contribution is -2.00. The fraction of sp³-hybridized carbons (Fsp3) is 0.312. The largest absolute Gasteiger partial charge is 0.458 e. The molecule has 0 radical (unpaired) electrons. The number of hydrogen-bond acceptors (Lipinski definition) is 3. The molecule has 1 N–H and O–H groups in total. The highest BCUT2D eigenvalue weighted by Gasteiger charge is 2.20. The number of hydrogen-bond donors (Lipinski definition) is 1. The quantitative estimate of drug-likeness (QED) is 0.795. The minimum absolute atomic E-state index is 0.563. The van der Waals surface area contributed by atoms with Crippen LogP contribution < -0.4 is 0 Å². The van der Waals surface area contributed by atoms with Gasteiger partial charge < -0.3 is 9.52 Å². The van der Waals surface area contributed by atoms with E-state index in [4.69, 9.17) is 4.42 Å². The first-order valence-corrected chi connectivity index (χ1v) is 6.79. The summed E-state index contributed by atoms with van der Waals surface area (Å²) in [6, 6.07) is 7.90. The van der Waals surface area contributed by atoms with Crippen LogP contribution in [-0.4, -0.2) is 14.9 Å². The summed E-state index contributed by atoms with van der Waals surface area (Å²) in [4.78, 5) is 0. The third-order valence-electron chi connectivity index (χ3n) is 3.53. The van der Waals surface area contributed by atoms with Gasteiger partial charge in [0.15, 0.2) is 0 Å². The molecule has 1 aromatic carbocycles. The van der Waals surface area contributed by atoms with Gasteiger partial charge >= 0.3 is 0 Å². The van der Waals surface area contributed by atoms with Crippen LogP contribution in [0.4, 0.5) is 0 Å². The maximum absolute atomic E-state index is 10.5. The van der Waals surface area contributed by atoms with Crippen molar-refractivity contribution in [1.82, 2.24) is 9.78 Å². The Labute approximate surface area is 117 Å². The predicted molar refractivity (Wildman–Crippen MR) is 77.6 cm³/mol. The first-order chi connectivity index (χ1) is 9.58. The molecular formula is C16H18N2O2. The molecule has 1 unspecified atom stereocenters. The Hall–Kier alpha value is -2.07. The van der Waals surface area contributed by atoms with Gasteiger partial charge in [-0.2, -0.15) is 5.10 Å². The van der Waals surface area contributed by atoms with E-state index < -0.39 is 6.10 Å². The van der Waals surface area contributed by atoms with Gasteiger partial charge in [-0.05, 0) is 31.5 Å². The maximum Gasteiger partial charge on any atom is 0.140 e. The molecule has 104 valence electrons. The van der Waals surface area contributed by atoms with E-state index in [1.54, 1.807) is 4.68 Å². The molecule has 0 aliphatic rings. The fourth-order valence-electron chi connectivity index (χ4n) is 2.53. The molecule has 4 nitrogen and oxygen atoms in total. The minimum atomic E-state index is -0.772. The summed E-state index contributed by atoms with van der Waals surface area (Å²) in [5.74, 6) is 0.563. The van der Waals surface area contributed by atoms with Crippen molar-refractivity contribution in [2.45, 2.75) is 26.4 Å². The molecule has 0 saturated heterocycles. The number of aromatic nitrogens is 2. The fourth-order valence-corrected chi connectivity index (χ4v) is 2.53. The van der Waals surface area contributed by atoms with Gasteiger partial charge in [0, 0.05) is 24.2 Å². The summed E-state index contributed by atoms with van der Waals surface area (Å²) in [5, 5.41) is 15.9. The minimum Gasteiger partial charge on any atom is -0.458 e. The lowest BCUT2D eigenvalue weighted by Gasteiger charge is -2.06. The van der Waals surface area contributed by atoms with Crippen molar-refractivity contribution >= 4 is 11.0 Å². The first-order valence-electron chi connectivity index (χ1n) is 6.79. The summed E-state index contributed by atoms with van der Waals surface area (Å²) >= 11 is 0. The van der Waals surface area contributed by atoms with Crippen LogP contribution in [0, 0.1) is 6.92 Å². The molecule has 0 spiro atoms. The number of benzene rings is 1. The standard InChI is InChI=1S/C16H18N2O2/c1-4-13-12(9-18(3)17-13)16(19)15-8-11-7-10(2)5-6-14(11)20-15/h5-9,16,19H,4H2,1-3H3. The second kappa shape index (κ2) is 4.80. The molecule has 0 amide bonds. The van der Waals surface area contributed by atoms with Gasteiger partial charge in [-0.1, -0.05) is 18.6 Å². The number of nitrogens with zero attached hydrogens (tertiary/aromatic N) is 2. The van der Waals surface area contributed by atoms with Crippen LogP contribution >= 0.6 is 0 Å². The molecule has 0 fully saturated rings. The first kappa shape index (κ1) is 12.9. The van der Waals surface area contributed by atoms with Gasteiger partial charge in [-0.25, -0.2) is 0 Å². The number of aliphatic hydroxyl groups excluding tert-OH is 1. The number of fused-ring (bicyclic) bond motifs is 1. The molecule has 3 rings (SSSR count). The van der Waals surface area contributed by atoms with Crippen molar-refractivity contribution in [2.75, 3.05) is 0 Å². The van der Waals surface area contributed by atoms with Gasteiger partial charge in [0.05, 0.1) is 5.69 Å². The Morgan fingerprint density at radius 2 is 2.15 bits per heavy atom. The molecule has 3 aromatic rings. The predicted octanol–water partition coefficient (Wildman–Crippen LogP) is 3.12. The molecule has 0 bridgehead atoms. The van der Waals surface area contributed by atoms with Gasteiger partial charge in [0.25, 0.3) is 0 Å². The van der Waals surface area contributed by atoms with Crippen molar-refractivity contribution in [3.05, 3.63) is 53.0 Å². The molecule has 0 aliphatic carbocycles. The van der Waals surface area contributed by atoms with E-state index in [9.17, 15) is 5.11 Å². The van der Waals surface area contributed by atoms with Gasteiger partial charge in [0.2, 0.25) is 0 Å². The molecule has 20 heavy (non-hydrogen) atoms. The van der Waals surface area contributed by atoms with Crippen molar-refractivity contribution in [3.63, 3.8) is 0 Å². The molecule has 2 aromatic heterocycles. The van der Waals surface area contributed by atoms with E-state index >= 15 is 0 Å². The van der Waals surface area contributed by atoms with Crippen molar-refractivity contribution < 1.29 is 9.52 Å². The third kappa shape index (κ3) is 2.12. The SMILES string of the molecule is CCc1nn(C)cc1C(O)c1cc2cc(C)ccc2o1. The third-order valence-corrected chi connectivity index (χ3v) is 3.53. The summed E-state index contributed by atoms with van der Waals surface area (Å²) in [6.07, 6.45) is 1.86. The van der Waals surface area contributed by atoms with Gasteiger partial charge in [0.1, 0.15) is 17.4 Å². The van der Waals surface area contributed by atoms with Gasteiger partial charge in [-0.3, -0.25) is 4.68 Å². The Morgan fingerprint density at radius 1 is 1.35 bits per heavy atom. The van der Waals surface area contributed by atoms with E-state index in [1.165, 1.54) is 5.56 Å². The Balaban J connectivity index is 2.05. The zero-order valence-corrected chi connectivity index (χ0v) is 11.9. The lowest BCUT2D eigenvalue weighted by atomic mass is 10.1. The number of aliphatic hydroxyl groups is 1. The Kier molecular flexibility index (Phi) is 3.10. The van der Waals surface area contributed by atoms with Crippen LogP contribution in [0.1, 0.15) is 35.6 Å². The normalized spacial score (nSPS) is 13.0. The van der Waals surface area contributed by atoms with E-state index in [1.807, 2.05) is 45.3 Å². The van der Waals surface area contributed by atoms with Crippen LogP contribution in [0.2, 0.25) is 0 Å². The number of aryl methyl sites for hydroxylation is 3. The molecule has 4 heteroatoms. The van der Waals surface area contributed by atoms with Crippen LogP contribution in [0.3, 0.4) is 0 Å². The Bertz CT molecular complexity index is 755. The monoisotopic (exact) mass is 270 g/mol. The topological polar surface area (TPSA) is 51.2 Å². The van der Waals surface area contributed by atoms with E-state index in [0.717, 1.165) is 28.6 Å². The Morgan fingerprint density at radius 3 is 2.90 bits per heavy atom. The van der Waals surface area contributed by atoms with E-state index in [-0.39, 0.29) is 0 Å². The zero-order valence-electron chi connectivity index (χ0n) is 11.9. The van der Waals surface area contributed by atoms with Crippen molar-refractivity contribution in [2.24, 2.45) is 7.05 Å². The zero-order chi connectivity index (χ0) is 14.3. The second-order valence-corrected chi connectivity index (χ2v) is 5.15. The number of furan rings is 1. The van der Waals surface area contributed by atoms with Crippen molar-refractivity contribution in [3.8, 4) is 0 Å². The summed E-state index contributed by atoms with van der Waals surface area (Å²) in [6.45, 7) is 4.07. The van der Waals surface area contributed by atoms with Crippen molar-refractivity contribution in [1.29, 1.82) is 0 Å². The second-order valence-electron chi connectivity index (χ2n) is 5.15. The highest BCUT2D eigenvalue weighted by molar-refractivity contribution is 5.78. The molecule has 1 atom stereocenters. The lowest BCUT2D eigenvalue weighted by molar-refractivity contribution is 0.191. The van der Waals surface area contributed by atoms with Gasteiger partial charge in [-0.15, -0.1) is 0 Å². The van der Waals surface area contributed by atoms with Crippen LogP contribution in [0.5, 0.6) is 0 Å². The highest BCUT2D eigenvalue weighted by Crippen LogP contribution is 2.30. The van der Waals surface area contributed by atoms with E-state index in [0.29, 0.717) is 5.76 Å². The van der Waals surface area contributed by atoms with Crippen LogP contribution in [0.15, 0.2) is 34.9 Å². The average Bonchev–Trinajstić information content (AvgIpc) is 3.00. The molecule has 0 aliphatic heterocycles. The maximum atomic E-state index is 10.5. The highest BCUT2D eigenvalue weighted by atomic mass is 16.4. The smallest absolute Gasteiger partial charge is 0.140 e. The summed E-state index contributed by atoms with van der Waals surface area (Å²) in [5.41, 5.74) is 3.68. The van der Waals surface area contributed by atoms with E-state index in [2.05, 4.69) is 11.2 Å².